The molecule has 0 amide bonds. The standard InChI is InChI=1S/C16H12N4OS/c17-14-4-2-1-3-13(14)15-10-20(19-18-15)12-5-6-16-11(9-12)7-8-22-21-16/h1-10H,17H2. The van der Waals surface area contributed by atoms with Crippen LogP contribution in [0.1, 0.15) is 5.56 Å². The van der Waals surface area contributed by atoms with E-state index in [1.54, 1.807) is 4.68 Å². The number of anilines is 1. The number of para-hydroxylation sites is 1. The molecule has 0 spiro atoms. The monoisotopic (exact) mass is 308 g/mol. The molecule has 2 aromatic carbocycles. The quantitative estimate of drug-likeness (QED) is 0.579. The van der Waals surface area contributed by atoms with Crippen molar-refractivity contribution in [2.75, 3.05) is 5.73 Å². The topological polar surface area (TPSA) is 66.0 Å². The highest BCUT2D eigenvalue weighted by molar-refractivity contribution is 7.98. The summed E-state index contributed by atoms with van der Waals surface area (Å²) in [5, 5.41) is 10.3. The SMILES string of the molecule is Nc1ccccc1-c1cn(-c2ccc3c(c2)C=CSO3)nn1. The van der Waals surface area contributed by atoms with Gasteiger partial charge in [0.2, 0.25) is 0 Å². The predicted octanol–water partition coefficient (Wildman–Crippen LogP) is 3.53. The Morgan fingerprint density at radius 3 is 2.95 bits per heavy atom. The largest absolute Gasteiger partial charge is 0.421 e. The van der Waals surface area contributed by atoms with E-state index in [4.69, 9.17) is 9.92 Å². The first-order valence-corrected chi connectivity index (χ1v) is 7.53. The van der Waals surface area contributed by atoms with Gasteiger partial charge < -0.3 is 9.92 Å². The molecule has 0 fully saturated rings. The highest BCUT2D eigenvalue weighted by Crippen LogP contribution is 2.31. The van der Waals surface area contributed by atoms with Crippen molar-refractivity contribution in [1.82, 2.24) is 15.0 Å². The lowest BCUT2D eigenvalue weighted by molar-refractivity contribution is 0.647. The molecule has 0 aliphatic carbocycles. The van der Waals surface area contributed by atoms with Crippen molar-refractivity contribution in [1.29, 1.82) is 0 Å². The number of benzene rings is 2. The number of aromatic nitrogens is 3. The second-order valence-electron chi connectivity index (χ2n) is 4.84. The van der Waals surface area contributed by atoms with E-state index in [-0.39, 0.29) is 0 Å². The molecule has 2 N–H and O–H groups in total. The van der Waals surface area contributed by atoms with Gasteiger partial charge in [0.25, 0.3) is 0 Å². The zero-order chi connectivity index (χ0) is 14.9. The molecule has 0 bridgehead atoms. The van der Waals surface area contributed by atoms with Gasteiger partial charge in [0.1, 0.15) is 11.4 Å². The molecule has 5 nitrogen and oxygen atoms in total. The van der Waals surface area contributed by atoms with Crippen molar-refractivity contribution in [3.8, 4) is 22.7 Å². The van der Waals surface area contributed by atoms with Crippen LogP contribution in [0.3, 0.4) is 0 Å². The third-order valence-electron chi connectivity index (χ3n) is 3.43. The minimum absolute atomic E-state index is 0.688. The summed E-state index contributed by atoms with van der Waals surface area (Å²) in [6.07, 6.45) is 3.88. The van der Waals surface area contributed by atoms with Gasteiger partial charge in [-0.25, -0.2) is 4.68 Å². The first-order valence-electron chi connectivity index (χ1n) is 6.73. The smallest absolute Gasteiger partial charge is 0.145 e. The summed E-state index contributed by atoms with van der Waals surface area (Å²) >= 11 is 1.31. The average molecular weight is 308 g/mol. The molecule has 0 atom stereocenters. The van der Waals surface area contributed by atoms with Crippen molar-refractivity contribution in [2.45, 2.75) is 0 Å². The van der Waals surface area contributed by atoms with Crippen LogP contribution in [0.2, 0.25) is 0 Å². The number of nitrogen functional groups attached to an aromatic ring is 1. The van der Waals surface area contributed by atoms with Crippen LogP contribution >= 0.6 is 12.0 Å². The second-order valence-corrected chi connectivity index (χ2v) is 5.47. The van der Waals surface area contributed by atoms with E-state index in [2.05, 4.69) is 10.3 Å². The van der Waals surface area contributed by atoms with Gasteiger partial charge in [0.15, 0.2) is 0 Å². The van der Waals surface area contributed by atoms with Crippen molar-refractivity contribution in [3.63, 3.8) is 0 Å². The predicted molar refractivity (Wildman–Crippen MR) is 88.5 cm³/mol. The molecule has 0 saturated carbocycles. The maximum atomic E-state index is 5.99. The van der Waals surface area contributed by atoms with Crippen molar-refractivity contribution >= 4 is 23.8 Å². The van der Waals surface area contributed by atoms with Gasteiger partial charge in [-0.1, -0.05) is 23.4 Å². The summed E-state index contributed by atoms with van der Waals surface area (Å²) in [5.41, 5.74) is 10.2. The molecule has 3 aromatic rings. The summed E-state index contributed by atoms with van der Waals surface area (Å²) in [5.74, 6) is 0.851. The third-order valence-corrected chi connectivity index (χ3v) is 3.95. The molecular weight excluding hydrogens is 296 g/mol. The van der Waals surface area contributed by atoms with Crippen molar-refractivity contribution in [2.24, 2.45) is 0 Å². The number of hydrogen-bond donors (Lipinski definition) is 1. The first kappa shape index (κ1) is 13.0. The third kappa shape index (κ3) is 2.23. The number of fused-ring (bicyclic) bond motifs is 1. The maximum Gasteiger partial charge on any atom is 0.145 e. The van der Waals surface area contributed by atoms with E-state index in [1.165, 1.54) is 12.0 Å². The molecule has 1 aliphatic heterocycles. The van der Waals surface area contributed by atoms with Gasteiger partial charge >= 0.3 is 0 Å². The molecular formula is C16H12N4OS. The van der Waals surface area contributed by atoms with Gasteiger partial charge in [0.05, 0.1) is 23.9 Å². The molecule has 6 heteroatoms. The minimum Gasteiger partial charge on any atom is -0.421 e. The van der Waals surface area contributed by atoms with E-state index in [1.807, 2.05) is 60.1 Å². The van der Waals surface area contributed by atoms with Crippen molar-refractivity contribution < 1.29 is 4.18 Å². The Labute approximate surface area is 131 Å². The fourth-order valence-corrected chi connectivity index (χ4v) is 2.82. The molecule has 0 saturated heterocycles. The Hall–Kier alpha value is -2.73. The minimum atomic E-state index is 0.688. The first-order chi connectivity index (χ1) is 10.8. The number of rotatable bonds is 2. The lowest BCUT2D eigenvalue weighted by Gasteiger charge is -2.11. The summed E-state index contributed by atoms with van der Waals surface area (Å²) in [6.45, 7) is 0. The van der Waals surface area contributed by atoms with E-state index >= 15 is 0 Å². The molecule has 0 radical (unpaired) electrons. The molecule has 108 valence electrons. The van der Waals surface area contributed by atoms with E-state index < -0.39 is 0 Å². The van der Waals surface area contributed by atoms with Crippen LogP contribution in [0.25, 0.3) is 23.0 Å². The van der Waals surface area contributed by atoms with E-state index in [0.717, 1.165) is 28.3 Å². The van der Waals surface area contributed by atoms with E-state index in [9.17, 15) is 0 Å². The Bertz CT molecular complexity index is 872. The molecule has 1 aliphatic rings. The number of nitrogens with zero attached hydrogens (tertiary/aromatic N) is 3. The van der Waals surface area contributed by atoms with Gasteiger partial charge in [-0.2, -0.15) is 0 Å². The molecule has 1 aromatic heterocycles. The van der Waals surface area contributed by atoms with E-state index in [0.29, 0.717) is 5.69 Å². The van der Waals surface area contributed by atoms with Gasteiger partial charge in [-0.05, 0) is 30.3 Å². The lowest BCUT2D eigenvalue weighted by atomic mass is 10.1. The molecule has 4 rings (SSSR count). The highest BCUT2D eigenvalue weighted by atomic mass is 32.2. The maximum absolute atomic E-state index is 5.99. The zero-order valence-corrected chi connectivity index (χ0v) is 12.3. The molecule has 0 unspecified atom stereocenters. The summed E-state index contributed by atoms with van der Waals surface area (Å²) in [4.78, 5) is 0. The van der Waals surface area contributed by atoms with Crippen LogP contribution in [0.5, 0.6) is 5.75 Å². The van der Waals surface area contributed by atoms with Crippen molar-refractivity contribution in [3.05, 3.63) is 59.6 Å². The van der Waals surface area contributed by atoms with Crippen LogP contribution in [0.15, 0.2) is 54.1 Å². The molecule has 22 heavy (non-hydrogen) atoms. The van der Waals surface area contributed by atoms with Crippen LogP contribution in [-0.4, -0.2) is 15.0 Å². The Kier molecular flexibility index (Phi) is 3.08. The normalized spacial score (nSPS) is 12.7. The second kappa shape index (κ2) is 5.23. The van der Waals surface area contributed by atoms with Gasteiger partial charge in [-0.15, -0.1) is 5.10 Å². The lowest BCUT2D eigenvalue weighted by Crippen LogP contribution is -1.97. The highest BCUT2D eigenvalue weighted by Gasteiger charge is 2.11. The summed E-state index contributed by atoms with van der Waals surface area (Å²) in [6, 6.07) is 13.5. The van der Waals surface area contributed by atoms with Crippen LogP contribution in [0, 0.1) is 0 Å². The van der Waals surface area contributed by atoms with Gasteiger partial charge in [0, 0.05) is 22.2 Å². The Balaban J connectivity index is 1.73. The fourth-order valence-electron chi connectivity index (χ4n) is 2.31. The van der Waals surface area contributed by atoms with Gasteiger partial charge in [-0.3, -0.25) is 0 Å². The summed E-state index contributed by atoms with van der Waals surface area (Å²) in [7, 11) is 0. The number of nitrogens with two attached hydrogens (primary N) is 1. The Morgan fingerprint density at radius 2 is 2.05 bits per heavy atom. The molecule has 2 heterocycles. The average Bonchev–Trinajstić information content (AvgIpc) is 3.04. The van der Waals surface area contributed by atoms with Crippen LogP contribution in [0.4, 0.5) is 5.69 Å². The van der Waals surface area contributed by atoms with Crippen LogP contribution in [-0.2, 0) is 0 Å². The Morgan fingerprint density at radius 1 is 1.14 bits per heavy atom. The number of hydrogen-bond acceptors (Lipinski definition) is 5. The van der Waals surface area contributed by atoms with Crippen LogP contribution < -0.4 is 9.92 Å². The fraction of sp³-hybridized carbons (Fsp3) is 0. The summed E-state index contributed by atoms with van der Waals surface area (Å²) < 4.78 is 7.21. The zero-order valence-electron chi connectivity index (χ0n) is 11.5.